The molecule has 3 N–H and O–H groups in total. The van der Waals surface area contributed by atoms with E-state index in [9.17, 15) is 9.59 Å². The molecule has 1 rings (SSSR count). The summed E-state index contributed by atoms with van der Waals surface area (Å²) in [4.78, 5) is 23.4. The van der Waals surface area contributed by atoms with Crippen molar-refractivity contribution in [2.75, 3.05) is 13.6 Å². The van der Waals surface area contributed by atoms with Gasteiger partial charge >= 0.3 is 0 Å². The largest absolute Gasteiger partial charge is 0.351 e. The molecule has 0 aliphatic heterocycles. The zero-order chi connectivity index (χ0) is 15.0. The van der Waals surface area contributed by atoms with E-state index in [2.05, 4.69) is 16.0 Å². The Morgan fingerprint density at radius 2 is 2.05 bits per heavy atom. The number of amides is 2. The van der Waals surface area contributed by atoms with Crippen molar-refractivity contribution < 1.29 is 9.59 Å². The molecule has 0 aliphatic rings. The zero-order valence-electron chi connectivity index (χ0n) is 12.3. The van der Waals surface area contributed by atoms with Gasteiger partial charge in [-0.05, 0) is 38.1 Å². The predicted octanol–water partition coefficient (Wildman–Crippen LogP) is 1.05. The van der Waals surface area contributed by atoms with E-state index in [1.54, 1.807) is 19.2 Å². The summed E-state index contributed by atoms with van der Waals surface area (Å²) < 4.78 is 0. The van der Waals surface area contributed by atoms with Gasteiger partial charge in [0, 0.05) is 18.2 Å². The van der Waals surface area contributed by atoms with E-state index in [1.807, 2.05) is 26.0 Å². The predicted molar refractivity (Wildman–Crippen MR) is 79.4 cm³/mol. The molecule has 0 bridgehead atoms. The van der Waals surface area contributed by atoms with Crippen LogP contribution in [0.25, 0.3) is 0 Å². The number of benzene rings is 1. The maximum atomic E-state index is 12.0. The molecular formula is C15H23N3O2. The van der Waals surface area contributed by atoms with Crippen LogP contribution in [0.2, 0.25) is 0 Å². The fraction of sp³-hybridized carbons (Fsp3) is 0.467. The normalized spacial score (nSPS) is 11.8. The maximum absolute atomic E-state index is 12.0. The molecule has 0 saturated heterocycles. The lowest BCUT2D eigenvalue weighted by molar-refractivity contribution is -0.120. The van der Waals surface area contributed by atoms with E-state index in [0.717, 1.165) is 12.0 Å². The average Bonchev–Trinajstić information content (AvgIpc) is 2.45. The van der Waals surface area contributed by atoms with E-state index in [1.165, 1.54) is 0 Å². The molecule has 0 aliphatic carbocycles. The highest BCUT2D eigenvalue weighted by Crippen LogP contribution is 2.06. The Morgan fingerprint density at radius 3 is 2.70 bits per heavy atom. The van der Waals surface area contributed by atoms with Crippen molar-refractivity contribution in [2.45, 2.75) is 32.9 Å². The topological polar surface area (TPSA) is 70.2 Å². The van der Waals surface area contributed by atoms with E-state index in [4.69, 9.17) is 0 Å². The summed E-state index contributed by atoms with van der Waals surface area (Å²) in [5.74, 6) is -0.148. The van der Waals surface area contributed by atoms with Crippen molar-refractivity contribution in [3.63, 3.8) is 0 Å². The summed E-state index contributed by atoms with van der Waals surface area (Å²) in [6.07, 6.45) is 0.894. The minimum atomic E-state index is -0.0808. The standard InChI is InChI=1S/C15H23N3O2/c1-4-11(2)18-15(20)13-7-5-6-12(8-13)9-17-14(19)10-16-3/h5-8,11,16H,4,9-10H2,1-3H3,(H,17,19)(H,18,20). The van der Waals surface area contributed by atoms with Crippen molar-refractivity contribution in [1.29, 1.82) is 0 Å². The first kappa shape index (κ1) is 16.2. The molecule has 1 atom stereocenters. The average molecular weight is 277 g/mol. The third kappa shape index (κ3) is 5.40. The Kier molecular flexibility index (Phi) is 6.73. The Bertz CT molecular complexity index is 460. The minimum Gasteiger partial charge on any atom is -0.351 e. The fourth-order valence-electron chi connectivity index (χ4n) is 1.66. The first-order chi connectivity index (χ1) is 9.56. The molecule has 0 fully saturated rings. The number of carbonyl (C=O) groups is 2. The fourth-order valence-corrected chi connectivity index (χ4v) is 1.66. The third-order valence-electron chi connectivity index (χ3n) is 3.01. The van der Waals surface area contributed by atoms with Gasteiger partial charge in [-0.25, -0.2) is 0 Å². The van der Waals surface area contributed by atoms with E-state index in [-0.39, 0.29) is 24.4 Å². The van der Waals surface area contributed by atoms with Gasteiger partial charge in [0.2, 0.25) is 5.91 Å². The molecule has 1 aromatic rings. The molecule has 0 spiro atoms. The van der Waals surface area contributed by atoms with Gasteiger partial charge in [0.15, 0.2) is 0 Å². The molecular weight excluding hydrogens is 254 g/mol. The number of carbonyl (C=O) groups excluding carboxylic acids is 2. The number of hydrogen-bond acceptors (Lipinski definition) is 3. The summed E-state index contributed by atoms with van der Waals surface area (Å²) in [5, 5.41) is 8.49. The molecule has 20 heavy (non-hydrogen) atoms. The summed E-state index contributed by atoms with van der Waals surface area (Å²) >= 11 is 0. The van der Waals surface area contributed by atoms with Crippen molar-refractivity contribution >= 4 is 11.8 Å². The van der Waals surface area contributed by atoms with E-state index in [0.29, 0.717) is 12.1 Å². The van der Waals surface area contributed by atoms with Gasteiger partial charge in [0.05, 0.1) is 6.54 Å². The second-order valence-corrected chi connectivity index (χ2v) is 4.79. The molecule has 110 valence electrons. The van der Waals surface area contributed by atoms with Crippen LogP contribution in [-0.2, 0) is 11.3 Å². The van der Waals surface area contributed by atoms with Crippen LogP contribution in [-0.4, -0.2) is 31.4 Å². The summed E-state index contributed by atoms with van der Waals surface area (Å²) in [7, 11) is 1.72. The van der Waals surface area contributed by atoms with Gasteiger partial charge in [-0.3, -0.25) is 9.59 Å². The first-order valence-corrected chi connectivity index (χ1v) is 6.88. The van der Waals surface area contributed by atoms with Gasteiger partial charge in [-0.1, -0.05) is 19.1 Å². The quantitative estimate of drug-likeness (QED) is 0.697. The number of nitrogens with one attached hydrogen (secondary N) is 3. The highest BCUT2D eigenvalue weighted by molar-refractivity contribution is 5.94. The molecule has 5 heteroatoms. The Morgan fingerprint density at radius 1 is 1.30 bits per heavy atom. The molecule has 0 heterocycles. The van der Waals surface area contributed by atoms with Crippen molar-refractivity contribution in [3.8, 4) is 0 Å². The summed E-state index contributed by atoms with van der Waals surface area (Å²) in [6.45, 7) is 4.71. The van der Waals surface area contributed by atoms with Crippen molar-refractivity contribution in [2.24, 2.45) is 0 Å². The van der Waals surface area contributed by atoms with Gasteiger partial charge < -0.3 is 16.0 Å². The van der Waals surface area contributed by atoms with Crippen molar-refractivity contribution in [1.82, 2.24) is 16.0 Å². The monoisotopic (exact) mass is 277 g/mol. The van der Waals surface area contributed by atoms with Crippen LogP contribution in [0.3, 0.4) is 0 Å². The smallest absolute Gasteiger partial charge is 0.251 e. The number of likely N-dealkylation sites (N-methyl/N-ethyl adjacent to an activating group) is 1. The molecule has 0 radical (unpaired) electrons. The van der Waals surface area contributed by atoms with Crippen LogP contribution in [0, 0.1) is 0 Å². The second-order valence-electron chi connectivity index (χ2n) is 4.79. The van der Waals surface area contributed by atoms with Crippen LogP contribution >= 0.6 is 0 Å². The lowest BCUT2D eigenvalue weighted by atomic mass is 10.1. The lowest BCUT2D eigenvalue weighted by Gasteiger charge is -2.12. The van der Waals surface area contributed by atoms with Crippen LogP contribution in [0.15, 0.2) is 24.3 Å². The summed E-state index contributed by atoms with van der Waals surface area (Å²) in [5.41, 5.74) is 1.52. The van der Waals surface area contributed by atoms with Gasteiger partial charge in [-0.15, -0.1) is 0 Å². The van der Waals surface area contributed by atoms with E-state index >= 15 is 0 Å². The maximum Gasteiger partial charge on any atom is 0.251 e. The SMILES string of the molecule is CCC(C)NC(=O)c1cccc(CNC(=O)CNC)c1. The molecule has 1 aromatic carbocycles. The third-order valence-corrected chi connectivity index (χ3v) is 3.01. The van der Waals surface area contributed by atoms with Crippen LogP contribution in [0.5, 0.6) is 0 Å². The molecule has 0 aromatic heterocycles. The Labute approximate surface area is 120 Å². The van der Waals surface area contributed by atoms with Crippen LogP contribution in [0.4, 0.5) is 0 Å². The molecule has 5 nitrogen and oxygen atoms in total. The highest BCUT2D eigenvalue weighted by atomic mass is 16.2. The highest BCUT2D eigenvalue weighted by Gasteiger charge is 2.09. The Hall–Kier alpha value is -1.88. The van der Waals surface area contributed by atoms with Crippen LogP contribution < -0.4 is 16.0 Å². The molecule has 1 unspecified atom stereocenters. The summed E-state index contributed by atoms with van der Waals surface area (Å²) in [6, 6.07) is 7.44. The molecule has 2 amide bonds. The van der Waals surface area contributed by atoms with E-state index < -0.39 is 0 Å². The van der Waals surface area contributed by atoms with Crippen molar-refractivity contribution in [3.05, 3.63) is 35.4 Å². The zero-order valence-corrected chi connectivity index (χ0v) is 12.3. The second kappa shape index (κ2) is 8.32. The van der Waals surface area contributed by atoms with Gasteiger partial charge in [-0.2, -0.15) is 0 Å². The minimum absolute atomic E-state index is 0.0676. The molecule has 0 saturated carbocycles. The first-order valence-electron chi connectivity index (χ1n) is 6.88. The number of hydrogen-bond donors (Lipinski definition) is 3. The lowest BCUT2D eigenvalue weighted by Crippen LogP contribution is -2.32. The van der Waals surface area contributed by atoms with Crippen LogP contribution in [0.1, 0.15) is 36.2 Å². The number of rotatable bonds is 7. The Balaban J connectivity index is 2.61. The van der Waals surface area contributed by atoms with Gasteiger partial charge in [0.1, 0.15) is 0 Å². The van der Waals surface area contributed by atoms with Gasteiger partial charge in [0.25, 0.3) is 5.91 Å².